The van der Waals surface area contributed by atoms with Gasteiger partial charge in [-0.1, -0.05) is 0 Å². The largest absolute Gasteiger partial charge is 0.668 e. The average molecular weight is 179 g/mol. The highest BCUT2D eigenvalue weighted by molar-refractivity contribution is 6.92. The lowest BCUT2D eigenvalue weighted by molar-refractivity contribution is 0.117. The second-order valence-corrected chi connectivity index (χ2v) is 1.80. The Kier molecular flexibility index (Phi) is 22.4. The van der Waals surface area contributed by atoms with Gasteiger partial charge in [0.2, 0.25) is 0 Å². The van der Waals surface area contributed by atoms with E-state index in [2.05, 4.69) is 0 Å². The predicted molar refractivity (Wildman–Crippen MR) is 42.1 cm³/mol. The van der Waals surface area contributed by atoms with E-state index in [0.717, 1.165) is 0 Å². The molecule has 0 aliphatic heterocycles. The summed E-state index contributed by atoms with van der Waals surface area (Å²) in [5.74, 6) is 0. The van der Waals surface area contributed by atoms with Crippen LogP contribution in [-0.2, 0) is 0 Å². The van der Waals surface area contributed by atoms with Crippen molar-refractivity contribution in [3.63, 3.8) is 0 Å². The van der Waals surface area contributed by atoms with Gasteiger partial charge in [-0.2, -0.15) is 9.90 Å². The maximum atomic E-state index is 7.33. The standard InChI is InChI=1S/H3N.H4O4Si.H3P.H4Si/c;1-5(2,3)4;;/h1H3;1-4H;1H3;1H4. The molecule has 1 atom stereocenters. The lowest BCUT2D eigenvalue weighted by atomic mass is 14.0. The number of rotatable bonds is 0. The second-order valence-electron chi connectivity index (χ2n) is 0.600. The van der Waals surface area contributed by atoms with E-state index >= 15 is 0 Å². The average Bonchev–Trinajstić information content (AvgIpc) is 0.722. The monoisotopic (exact) mass is 179 g/mol. The van der Waals surface area contributed by atoms with Gasteiger partial charge in [0, 0.05) is 0 Å². The summed E-state index contributed by atoms with van der Waals surface area (Å²) in [6, 6.07) is 0. The van der Waals surface area contributed by atoms with Crippen molar-refractivity contribution in [3.8, 4) is 0 Å². The molecule has 0 aromatic carbocycles. The van der Waals surface area contributed by atoms with Gasteiger partial charge in [0.05, 0.1) is 0 Å². The maximum Gasteiger partial charge on any atom is 0.668 e. The molecule has 5 nitrogen and oxygen atoms in total. The SMILES string of the molecule is N.O[Si](O)(O)O.P.[SiH4]. The number of hydrogen-bond donors (Lipinski definition) is 5. The molecule has 0 aromatic rings. The zero-order valence-corrected chi connectivity index (χ0v) is 6.12. The summed E-state index contributed by atoms with van der Waals surface area (Å²) < 4.78 is 0. The molecule has 0 bridgehead atoms. The first-order valence-corrected chi connectivity index (χ1v) is 2.68. The molecule has 8 heteroatoms. The molecular formula is H14NO4PSi2. The summed E-state index contributed by atoms with van der Waals surface area (Å²) in [5, 5.41) is 0. The Bertz CT molecular complexity index is 29.5. The van der Waals surface area contributed by atoms with Crippen molar-refractivity contribution in [2.75, 3.05) is 0 Å². The van der Waals surface area contributed by atoms with Gasteiger partial charge in [0.15, 0.2) is 0 Å². The van der Waals surface area contributed by atoms with Crippen molar-refractivity contribution < 1.29 is 19.2 Å². The Morgan fingerprint density at radius 3 is 0.875 bits per heavy atom. The Hall–Kier alpha value is 0.664. The molecule has 8 heavy (non-hydrogen) atoms. The van der Waals surface area contributed by atoms with Crippen LogP contribution in [-0.4, -0.2) is 39.2 Å². The molecule has 0 radical (unpaired) electrons. The summed E-state index contributed by atoms with van der Waals surface area (Å²) in [6.45, 7) is 0. The van der Waals surface area contributed by atoms with Gasteiger partial charge >= 0.3 is 9.05 Å². The number of hydrogen-bond acceptors (Lipinski definition) is 5. The van der Waals surface area contributed by atoms with Crippen LogP contribution in [0.1, 0.15) is 0 Å². The molecular weight excluding hydrogens is 165 g/mol. The highest BCUT2D eigenvalue weighted by atomic mass is 31.0. The van der Waals surface area contributed by atoms with Crippen molar-refractivity contribution >= 4 is 29.9 Å². The molecule has 56 valence electrons. The van der Waals surface area contributed by atoms with Gasteiger partial charge in [-0.3, -0.25) is 0 Å². The summed E-state index contributed by atoms with van der Waals surface area (Å²) in [7, 11) is -4.61. The molecule has 1 unspecified atom stereocenters. The third-order valence-electron chi connectivity index (χ3n) is 0. The Labute approximate surface area is 56.1 Å². The van der Waals surface area contributed by atoms with E-state index in [9.17, 15) is 0 Å². The van der Waals surface area contributed by atoms with E-state index < -0.39 is 9.05 Å². The molecule has 0 heterocycles. The molecule has 0 spiro atoms. The van der Waals surface area contributed by atoms with Crippen LogP contribution in [0.4, 0.5) is 0 Å². The molecule has 7 N–H and O–H groups in total. The van der Waals surface area contributed by atoms with E-state index in [-0.39, 0.29) is 27.0 Å². The first kappa shape index (κ1) is 23.4. The van der Waals surface area contributed by atoms with Crippen LogP contribution in [0.15, 0.2) is 0 Å². The molecule has 0 amide bonds. The quantitative estimate of drug-likeness (QED) is 0.193. The zero-order valence-electron chi connectivity index (χ0n) is 3.70. The first-order chi connectivity index (χ1) is 2.00. The molecule has 0 rings (SSSR count). The van der Waals surface area contributed by atoms with Gasteiger partial charge < -0.3 is 25.3 Å². The van der Waals surface area contributed by atoms with Crippen molar-refractivity contribution in [2.45, 2.75) is 0 Å². The topological polar surface area (TPSA) is 116 Å². The fourth-order valence-electron chi connectivity index (χ4n) is 0. The van der Waals surface area contributed by atoms with E-state index in [1.807, 2.05) is 0 Å². The first-order valence-electron chi connectivity index (χ1n) is 0.894. The Balaban J connectivity index is -0.0000000267. The summed E-state index contributed by atoms with van der Waals surface area (Å²) in [6.07, 6.45) is 0. The minimum atomic E-state index is -4.61. The van der Waals surface area contributed by atoms with Crippen LogP contribution in [0, 0.1) is 0 Å². The Morgan fingerprint density at radius 2 is 0.875 bits per heavy atom. The normalized spacial score (nSPS) is 7.50. The van der Waals surface area contributed by atoms with E-state index in [4.69, 9.17) is 19.2 Å². The molecule has 0 aliphatic rings. The zero-order chi connectivity index (χ0) is 4.50. The van der Waals surface area contributed by atoms with E-state index in [1.165, 1.54) is 0 Å². The van der Waals surface area contributed by atoms with Crippen molar-refractivity contribution in [3.05, 3.63) is 0 Å². The van der Waals surface area contributed by atoms with Crippen molar-refractivity contribution in [1.29, 1.82) is 0 Å². The fraction of sp³-hybridized carbons (Fsp3) is 0. The van der Waals surface area contributed by atoms with Crippen LogP contribution in [0.2, 0.25) is 0 Å². The molecule has 0 aliphatic carbocycles. The predicted octanol–water partition coefficient (Wildman–Crippen LogP) is -3.84. The molecule has 0 saturated heterocycles. The van der Waals surface area contributed by atoms with Crippen LogP contribution in [0.25, 0.3) is 0 Å². The molecule has 0 aromatic heterocycles. The van der Waals surface area contributed by atoms with Gasteiger partial charge in [0.1, 0.15) is 0 Å². The van der Waals surface area contributed by atoms with Crippen LogP contribution >= 0.6 is 9.90 Å². The summed E-state index contributed by atoms with van der Waals surface area (Å²) >= 11 is 0. The molecule has 0 saturated carbocycles. The van der Waals surface area contributed by atoms with Crippen LogP contribution in [0.3, 0.4) is 0 Å². The Morgan fingerprint density at radius 1 is 0.875 bits per heavy atom. The molecule has 0 fully saturated rings. The van der Waals surface area contributed by atoms with Gasteiger partial charge in [0.25, 0.3) is 0 Å². The van der Waals surface area contributed by atoms with Crippen LogP contribution < -0.4 is 6.15 Å². The highest BCUT2D eigenvalue weighted by Crippen LogP contribution is 1.67. The van der Waals surface area contributed by atoms with Crippen molar-refractivity contribution in [2.24, 2.45) is 0 Å². The van der Waals surface area contributed by atoms with E-state index in [0.29, 0.717) is 0 Å². The summed E-state index contributed by atoms with van der Waals surface area (Å²) in [4.78, 5) is 29.3. The highest BCUT2D eigenvalue weighted by Gasteiger charge is 2.22. The minimum Gasteiger partial charge on any atom is -0.368 e. The fourth-order valence-corrected chi connectivity index (χ4v) is 0. The maximum absolute atomic E-state index is 7.33. The minimum absolute atomic E-state index is 0. The summed E-state index contributed by atoms with van der Waals surface area (Å²) in [5.41, 5.74) is 0. The lowest BCUT2D eigenvalue weighted by Crippen LogP contribution is -2.33. The van der Waals surface area contributed by atoms with Crippen LogP contribution in [0.5, 0.6) is 0 Å². The third-order valence-corrected chi connectivity index (χ3v) is 0. The van der Waals surface area contributed by atoms with Gasteiger partial charge in [-0.15, -0.1) is 0 Å². The second kappa shape index (κ2) is 7.66. The van der Waals surface area contributed by atoms with Gasteiger partial charge in [-0.05, 0) is 11.0 Å². The smallest absolute Gasteiger partial charge is 0.368 e. The van der Waals surface area contributed by atoms with Gasteiger partial charge in [-0.25, -0.2) is 0 Å². The van der Waals surface area contributed by atoms with E-state index in [1.54, 1.807) is 0 Å². The third kappa shape index (κ3) is 485. The van der Waals surface area contributed by atoms with Crippen molar-refractivity contribution in [1.82, 2.24) is 6.15 Å². The lowest BCUT2D eigenvalue weighted by Gasteiger charge is -1.91.